The van der Waals surface area contributed by atoms with Gasteiger partial charge in [-0.15, -0.1) is 0 Å². The molecule has 0 amide bonds. The fourth-order valence-corrected chi connectivity index (χ4v) is 4.33. The predicted octanol–water partition coefficient (Wildman–Crippen LogP) is 3.67. The van der Waals surface area contributed by atoms with E-state index < -0.39 is 0 Å². The Morgan fingerprint density at radius 3 is 1.96 bits per heavy atom. The Bertz CT molecular complexity index is 704. The van der Waals surface area contributed by atoms with Gasteiger partial charge in [0.25, 0.3) is 0 Å². The second-order valence-corrected chi connectivity index (χ2v) is 7.40. The van der Waals surface area contributed by atoms with Crippen LogP contribution in [0.1, 0.15) is 36.5 Å². The molecule has 2 aliphatic heterocycles. The molecular weight excluding hydrogens is 336 g/mol. The maximum absolute atomic E-state index is 13.3. The predicted molar refractivity (Wildman–Crippen MR) is 94.7 cm³/mol. The lowest BCUT2D eigenvalue weighted by Gasteiger charge is -2.38. The summed E-state index contributed by atoms with van der Waals surface area (Å²) >= 11 is 0. The lowest BCUT2D eigenvalue weighted by Crippen LogP contribution is -2.45. The smallest absolute Gasteiger partial charge is 0.123 e. The summed E-state index contributed by atoms with van der Waals surface area (Å²) in [6.45, 7) is 0. The Labute approximate surface area is 152 Å². The van der Waals surface area contributed by atoms with Gasteiger partial charge >= 0.3 is 0 Å². The zero-order chi connectivity index (χ0) is 18.3. The molecule has 0 spiro atoms. The number of benzene rings is 2. The first-order valence-electron chi connectivity index (χ1n) is 9.07. The molecule has 26 heavy (non-hydrogen) atoms. The van der Waals surface area contributed by atoms with Crippen molar-refractivity contribution in [2.24, 2.45) is 0 Å². The van der Waals surface area contributed by atoms with Crippen molar-refractivity contribution in [1.29, 1.82) is 0 Å². The van der Waals surface area contributed by atoms with Gasteiger partial charge in [-0.3, -0.25) is 4.90 Å². The van der Waals surface area contributed by atoms with Crippen molar-refractivity contribution >= 4 is 0 Å². The fourth-order valence-electron chi connectivity index (χ4n) is 4.33. The zero-order valence-corrected chi connectivity index (χ0v) is 14.7. The van der Waals surface area contributed by atoms with Gasteiger partial charge in [-0.05, 0) is 61.7 Å². The SMILES string of the molecule is CN1C2CC(OC(c3ccc(F)cc3)c3ccc(F)cc3)CC1[C@H](O)C2. The minimum Gasteiger partial charge on any atom is -0.391 e. The van der Waals surface area contributed by atoms with E-state index in [9.17, 15) is 13.9 Å². The third-order valence-corrected chi connectivity index (χ3v) is 5.77. The van der Waals surface area contributed by atoms with E-state index in [1.54, 1.807) is 24.3 Å². The lowest BCUT2D eigenvalue weighted by atomic mass is 9.97. The fraction of sp³-hybridized carbons (Fsp3) is 0.429. The number of hydrogen-bond donors (Lipinski definition) is 1. The maximum Gasteiger partial charge on any atom is 0.123 e. The molecule has 2 heterocycles. The van der Waals surface area contributed by atoms with Gasteiger partial charge in [0.2, 0.25) is 0 Å². The summed E-state index contributed by atoms with van der Waals surface area (Å²) in [5.41, 5.74) is 1.68. The van der Waals surface area contributed by atoms with Gasteiger partial charge in [0, 0.05) is 12.1 Å². The number of nitrogens with zero attached hydrogens (tertiary/aromatic N) is 1. The molecule has 1 N–H and O–H groups in total. The quantitative estimate of drug-likeness (QED) is 0.904. The Balaban J connectivity index is 1.59. The zero-order valence-electron chi connectivity index (χ0n) is 14.7. The number of likely N-dealkylation sites (N-methyl/N-ethyl adjacent to an activating group) is 1. The number of aliphatic hydroxyl groups excluding tert-OH is 1. The molecule has 138 valence electrons. The van der Waals surface area contributed by atoms with E-state index >= 15 is 0 Å². The van der Waals surface area contributed by atoms with Crippen LogP contribution in [0.3, 0.4) is 0 Å². The van der Waals surface area contributed by atoms with Crippen molar-refractivity contribution in [2.45, 2.75) is 49.7 Å². The van der Waals surface area contributed by atoms with Gasteiger partial charge in [0.05, 0.1) is 12.2 Å². The minimum atomic E-state index is -0.388. The highest BCUT2D eigenvalue weighted by atomic mass is 19.1. The van der Waals surface area contributed by atoms with E-state index in [0.29, 0.717) is 6.04 Å². The first kappa shape index (κ1) is 17.6. The van der Waals surface area contributed by atoms with Crippen LogP contribution in [0.5, 0.6) is 0 Å². The van der Waals surface area contributed by atoms with Gasteiger partial charge in [-0.25, -0.2) is 8.78 Å². The van der Waals surface area contributed by atoms with Crippen molar-refractivity contribution in [3.63, 3.8) is 0 Å². The molecule has 2 aliphatic rings. The van der Waals surface area contributed by atoms with Gasteiger partial charge in [0.1, 0.15) is 17.7 Å². The van der Waals surface area contributed by atoms with E-state index in [0.717, 1.165) is 30.4 Å². The number of piperidine rings is 1. The molecule has 3 unspecified atom stereocenters. The van der Waals surface area contributed by atoms with Crippen LogP contribution >= 0.6 is 0 Å². The number of hydrogen-bond acceptors (Lipinski definition) is 3. The Morgan fingerprint density at radius 1 is 0.923 bits per heavy atom. The summed E-state index contributed by atoms with van der Waals surface area (Å²) in [6, 6.07) is 12.9. The molecule has 0 radical (unpaired) electrons. The highest BCUT2D eigenvalue weighted by Gasteiger charge is 2.45. The van der Waals surface area contributed by atoms with Gasteiger partial charge in [0.15, 0.2) is 0 Å². The molecule has 0 aliphatic carbocycles. The average molecular weight is 359 g/mol. The van der Waals surface area contributed by atoms with E-state index in [2.05, 4.69) is 11.9 Å². The molecule has 2 saturated heterocycles. The summed E-state index contributed by atoms with van der Waals surface area (Å²) in [6.07, 6.45) is 1.68. The highest BCUT2D eigenvalue weighted by molar-refractivity contribution is 5.30. The van der Waals surface area contributed by atoms with Crippen LogP contribution in [0.2, 0.25) is 0 Å². The maximum atomic E-state index is 13.3. The van der Waals surface area contributed by atoms with Crippen molar-refractivity contribution in [3.8, 4) is 0 Å². The standard InChI is InChI=1S/C21H23F2NO2/c1-24-17-10-18(12-19(24)20(25)11-17)26-21(13-2-6-15(22)7-3-13)14-4-8-16(23)9-5-14/h2-9,17-21,25H,10-12H2,1H3/t17?,18?,19?,20-/m1/s1. The third kappa shape index (κ3) is 3.39. The molecule has 2 bridgehead atoms. The Hall–Kier alpha value is -1.82. The van der Waals surface area contributed by atoms with Gasteiger partial charge < -0.3 is 9.84 Å². The molecule has 0 aromatic heterocycles. The first-order chi connectivity index (χ1) is 12.5. The number of halogens is 2. The molecule has 3 nitrogen and oxygen atoms in total. The van der Waals surface area contributed by atoms with Crippen molar-refractivity contribution in [2.75, 3.05) is 7.05 Å². The molecule has 0 saturated carbocycles. The van der Waals surface area contributed by atoms with E-state index in [1.807, 2.05) is 0 Å². The molecule has 2 aromatic carbocycles. The molecule has 2 aromatic rings. The van der Waals surface area contributed by atoms with Crippen LogP contribution in [-0.2, 0) is 4.74 Å². The number of ether oxygens (including phenoxy) is 1. The second-order valence-electron chi connectivity index (χ2n) is 7.40. The number of fused-ring (bicyclic) bond motifs is 2. The van der Waals surface area contributed by atoms with Crippen molar-refractivity contribution in [3.05, 3.63) is 71.3 Å². The summed E-state index contributed by atoms with van der Waals surface area (Å²) in [4.78, 5) is 2.25. The highest BCUT2D eigenvalue weighted by Crippen LogP contribution is 2.39. The first-order valence-corrected chi connectivity index (χ1v) is 9.07. The van der Waals surface area contributed by atoms with Gasteiger partial charge in [-0.1, -0.05) is 24.3 Å². The van der Waals surface area contributed by atoms with Crippen LogP contribution in [0.25, 0.3) is 0 Å². The minimum absolute atomic E-state index is 0.00143. The van der Waals surface area contributed by atoms with Gasteiger partial charge in [-0.2, -0.15) is 0 Å². The largest absolute Gasteiger partial charge is 0.391 e. The Kier molecular flexibility index (Phi) is 4.78. The van der Waals surface area contributed by atoms with Crippen LogP contribution in [0.4, 0.5) is 8.78 Å². The topological polar surface area (TPSA) is 32.7 Å². The molecular formula is C21H23F2NO2. The molecule has 4 rings (SSSR count). The molecule has 4 atom stereocenters. The molecule has 5 heteroatoms. The van der Waals surface area contributed by atoms with Crippen molar-refractivity contribution in [1.82, 2.24) is 4.90 Å². The monoisotopic (exact) mass is 359 g/mol. The van der Waals surface area contributed by atoms with E-state index in [-0.39, 0.29) is 36.0 Å². The van der Waals surface area contributed by atoms with Crippen LogP contribution in [-0.4, -0.2) is 41.3 Å². The third-order valence-electron chi connectivity index (χ3n) is 5.77. The van der Waals surface area contributed by atoms with Crippen LogP contribution in [0.15, 0.2) is 48.5 Å². The van der Waals surface area contributed by atoms with E-state index in [4.69, 9.17) is 4.74 Å². The van der Waals surface area contributed by atoms with Crippen molar-refractivity contribution < 1.29 is 18.6 Å². The number of aliphatic hydroxyl groups is 1. The number of rotatable bonds is 4. The second kappa shape index (κ2) is 7.06. The summed E-state index contributed by atoms with van der Waals surface area (Å²) in [7, 11) is 2.05. The molecule has 2 fully saturated rings. The average Bonchev–Trinajstić information content (AvgIpc) is 2.79. The normalized spacial score (nSPS) is 28.7. The summed E-state index contributed by atoms with van der Waals surface area (Å²) in [5, 5.41) is 10.2. The van der Waals surface area contributed by atoms with Crippen LogP contribution < -0.4 is 0 Å². The summed E-state index contributed by atoms with van der Waals surface area (Å²) < 4.78 is 33.1. The summed E-state index contributed by atoms with van der Waals surface area (Å²) in [5.74, 6) is -0.598. The lowest BCUT2D eigenvalue weighted by molar-refractivity contribution is -0.0495. The Morgan fingerprint density at radius 2 is 1.46 bits per heavy atom. The van der Waals surface area contributed by atoms with Crippen LogP contribution in [0, 0.1) is 11.6 Å². The van der Waals surface area contributed by atoms with E-state index in [1.165, 1.54) is 24.3 Å².